The maximum atomic E-state index is 14.2. The van der Waals surface area contributed by atoms with E-state index in [1.165, 1.54) is 12.8 Å². The molecule has 0 radical (unpaired) electrons. The molecule has 7 heteroatoms. The number of nitrogens with one attached hydrogen (secondary N) is 1. The highest BCUT2D eigenvalue weighted by Crippen LogP contribution is 2.42. The fraction of sp³-hybridized carbons (Fsp3) is 0.686. The fourth-order valence-corrected chi connectivity index (χ4v) is 7.55. The molecule has 1 aromatic rings. The van der Waals surface area contributed by atoms with Crippen molar-refractivity contribution in [3.63, 3.8) is 0 Å². The lowest BCUT2D eigenvalue weighted by Gasteiger charge is -2.39. The van der Waals surface area contributed by atoms with Gasteiger partial charge in [0.2, 0.25) is 0 Å². The Morgan fingerprint density at radius 3 is 1.69 bits per heavy atom. The van der Waals surface area contributed by atoms with Gasteiger partial charge >= 0.3 is 11.9 Å². The van der Waals surface area contributed by atoms with Gasteiger partial charge in [-0.3, -0.25) is 0 Å². The summed E-state index contributed by atoms with van der Waals surface area (Å²) >= 11 is 0. The smallest absolute Gasteiger partial charge is 0.337 e. The van der Waals surface area contributed by atoms with Gasteiger partial charge in [-0.25, -0.2) is 14.2 Å². The monoisotopic (exact) mass is 692 g/mol. The highest BCUT2D eigenvalue weighted by molar-refractivity contribution is 6.00. The van der Waals surface area contributed by atoms with Gasteiger partial charge in [0.05, 0.1) is 17.1 Å². The maximum Gasteiger partial charge on any atom is 0.337 e. The quantitative estimate of drug-likeness (QED) is 0.268. The van der Waals surface area contributed by atoms with Crippen LogP contribution in [0.4, 0.5) is 0 Å². The van der Waals surface area contributed by atoms with E-state index in [2.05, 4.69) is 46.9 Å². The number of allylic oxidation sites excluding steroid dienone is 2. The van der Waals surface area contributed by atoms with Crippen molar-refractivity contribution in [1.29, 1.82) is 0 Å². The van der Waals surface area contributed by atoms with Gasteiger partial charge < -0.3 is 38.8 Å². The van der Waals surface area contributed by atoms with Gasteiger partial charge in [0.15, 0.2) is 12.4 Å². The average molecular weight is 693 g/mol. The zero-order chi connectivity index (χ0) is 30.0. The number of nitrogens with zero attached hydrogens (tertiary/aromatic N) is 1. The zero-order valence-corrected chi connectivity index (χ0v) is 29.4. The second-order valence-electron chi connectivity index (χ2n) is 14.0. The standard InChI is InChI=1S/C35H52N2O4.HI/c1-20(2)27-14-12-22(5)17-29(27)40-34(38)31-24(7)36-25(8)32(33(31)26-11-10-16-37(9)19-26)35(39)41-30-18-23(6)13-15-28(30)21(3)4;/h10-11,16,19-23,27-30,33H,12-15,17-18H2,1-9H3;1H. The summed E-state index contributed by atoms with van der Waals surface area (Å²) in [5, 5.41) is 3.37. The first-order chi connectivity index (χ1) is 19.4. The van der Waals surface area contributed by atoms with E-state index in [-0.39, 0.29) is 48.1 Å². The van der Waals surface area contributed by atoms with Gasteiger partial charge in [0.25, 0.3) is 0 Å². The number of rotatable bonds is 7. The molecule has 1 aromatic heterocycles. The molecule has 2 aliphatic carbocycles. The predicted molar refractivity (Wildman–Crippen MR) is 161 cm³/mol. The Hall–Kier alpha value is -1.90. The minimum absolute atomic E-state index is 0. The predicted octanol–water partition coefficient (Wildman–Crippen LogP) is 3.76. The van der Waals surface area contributed by atoms with Crippen LogP contribution in [0, 0.1) is 35.5 Å². The minimum atomic E-state index is -0.569. The number of pyridine rings is 1. The Morgan fingerprint density at radius 2 is 1.29 bits per heavy atom. The van der Waals surface area contributed by atoms with Crippen LogP contribution in [0.25, 0.3) is 0 Å². The number of esters is 2. The summed E-state index contributed by atoms with van der Waals surface area (Å²) in [4.78, 5) is 28.3. The topological polar surface area (TPSA) is 68.5 Å². The van der Waals surface area contributed by atoms with Crippen LogP contribution in [0.1, 0.15) is 105 Å². The molecule has 0 aromatic carbocycles. The van der Waals surface area contributed by atoms with Crippen LogP contribution in [0.15, 0.2) is 47.1 Å². The zero-order valence-electron chi connectivity index (χ0n) is 27.2. The summed E-state index contributed by atoms with van der Waals surface area (Å²) in [6, 6.07) is 3.96. The number of hydrogen-bond donors (Lipinski definition) is 1. The third kappa shape index (κ3) is 7.78. The molecule has 1 N–H and O–H groups in total. The molecule has 3 aliphatic rings. The van der Waals surface area contributed by atoms with Crippen molar-refractivity contribution in [2.75, 3.05) is 0 Å². The summed E-state index contributed by atoms with van der Waals surface area (Å²) in [6.45, 7) is 17.2. The summed E-state index contributed by atoms with van der Waals surface area (Å²) in [6.07, 6.45) is 9.92. The van der Waals surface area contributed by atoms with E-state index >= 15 is 0 Å². The SMILES string of the molecule is CC1=C(C(=O)OC2CC(C)CCC2C(C)C)C(c2ccc[n+](C)c2)C(C(=O)OC2CC(C)CCC2C(C)C)=C(C)N1.[I-]. The second-order valence-corrected chi connectivity index (χ2v) is 14.0. The van der Waals surface area contributed by atoms with E-state index in [4.69, 9.17) is 9.47 Å². The number of hydrogen-bond acceptors (Lipinski definition) is 5. The maximum absolute atomic E-state index is 14.2. The van der Waals surface area contributed by atoms with Gasteiger partial charge in [-0.2, -0.15) is 0 Å². The highest BCUT2D eigenvalue weighted by atomic mass is 127. The van der Waals surface area contributed by atoms with Crippen LogP contribution in [-0.4, -0.2) is 24.1 Å². The van der Waals surface area contributed by atoms with Crippen LogP contribution in [0.2, 0.25) is 0 Å². The molecule has 0 amide bonds. The molecule has 0 spiro atoms. The summed E-state index contributed by atoms with van der Waals surface area (Å²) in [5.41, 5.74) is 3.36. The first-order valence-electron chi connectivity index (χ1n) is 15.9. The van der Waals surface area contributed by atoms with Gasteiger partial charge in [0, 0.05) is 23.0 Å². The van der Waals surface area contributed by atoms with Gasteiger partial charge in [-0.15, -0.1) is 0 Å². The summed E-state index contributed by atoms with van der Waals surface area (Å²) < 4.78 is 14.7. The van der Waals surface area contributed by atoms with E-state index in [0.717, 1.165) is 42.6 Å². The highest BCUT2D eigenvalue weighted by Gasteiger charge is 2.43. The first-order valence-corrected chi connectivity index (χ1v) is 15.9. The Morgan fingerprint density at radius 1 is 0.833 bits per heavy atom. The van der Waals surface area contributed by atoms with Gasteiger partial charge in [-0.1, -0.05) is 54.4 Å². The summed E-state index contributed by atoms with van der Waals surface area (Å²) in [5.74, 6) is 1.34. The lowest BCUT2D eigenvalue weighted by molar-refractivity contribution is -0.671. The van der Waals surface area contributed by atoms with Crippen molar-refractivity contribution in [3.05, 3.63) is 52.6 Å². The molecule has 6 nitrogen and oxygen atoms in total. The van der Waals surface area contributed by atoms with Crippen LogP contribution in [-0.2, 0) is 26.1 Å². The number of aromatic nitrogens is 1. The van der Waals surface area contributed by atoms with Crippen molar-refractivity contribution in [3.8, 4) is 0 Å². The van der Waals surface area contributed by atoms with E-state index in [9.17, 15) is 9.59 Å². The molecular formula is C35H53IN2O4. The number of aryl methyl sites for hydroxylation is 1. The van der Waals surface area contributed by atoms with E-state index < -0.39 is 5.92 Å². The third-order valence-corrected chi connectivity index (χ3v) is 9.94. The first kappa shape index (κ1) is 34.6. The number of dihydropyridines is 1. The number of carbonyl (C=O) groups excluding carboxylic acids is 2. The molecule has 6 unspecified atom stereocenters. The molecule has 0 saturated heterocycles. The van der Waals surface area contributed by atoms with Crippen molar-refractivity contribution >= 4 is 11.9 Å². The van der Waals surface area contributed by atoms with Gasteiger partial charge in [0.1, 0.15) is 19.3 Å². The van der Waals surface area contributed by atoms with E-state index in [1.807, 2.05) is 50.0 Å². The Balaban J connectivity index is 0.00000484. The van der Waals surface area contributed by atoms with Crippen molar-refractivity contribution in [2.24, 2.45) is 42.6 Å². The van der Waals surface area contributed by atoms with E-state index in [1.54, 1.807) is 0 Å². The van der Waals surface area contributed by atoms with Crippen LogP contribution in [0.5, 0.6) is 0 Å². The van der Waals surface area contributed by atoms with Crippen molar-refractivity contribution < 1.29 is 47.6 Å². The summed E-state index contributed by atoms with van der Waals surface area (Å²) in [7, 11) is 1.96. The second kappa shape index (κ2) is 14.7. The number of carbonyl (C=O) groups is 2. The molecule has 2 fully saturated rings. The Labute approximate surface area is 271 Å². The molecule has 42 heavy (non-hydrogen) atoms. The third-order valence-electron chi connectivity index (χ3n) is 9.94. The minimum Gasteiger partial charge on any atom is -1.00 e. The normalized spacial score (nSPS) is 30.1. The lowest BCUT2D eigenvalue weighted by Crippen LogP contribution is -3.00. The Kier molecular flexibility index (Phi) is 12.1. The van der Waals surface area contributed by atoms with E-state index in [0.29, 0.717) is 46.7 Å². The average Bonchev–Trinajstić information content (AvgIpc) is 2.87. The van der Waals surface area contributed by atoms with Crippen molar-refractivity contribution in [1.82, 2.24) is 5.32 Å². The lowest BCUT2D eigenvalue weighted by atomic mass is 9.75. The molecule has 2 saturated carbocycles. The van der Waals surface area contributed by atoms with Gasteiger partial charge in [-0.05, 0) is 81.1 Å². The molecule has 2 heterocycles. The molecular weight excluding hydrogens is 639 g/mol. The molecule has 4 rings (SSSR count). The number of ether oxygens (including phenoxy) is 2. The molecule has 0 bridgehead atoms. The van der Waals surface area contributed by atoms with Crippen LogP contribution in [0.3, 0.4) is 0 Å². The fourth-order valence-electron chi connectivity index (χ4n) is 7.55. The molecule has 234 valence electrons. The van der Waals surface area contributed by atoms with Crippen LogP contribution >= 0.6 is 0 Å². The molecule has 6 atom stereocenters. The van der Waals surface area contributed by atoms with Crippen molar-refractivity contribution in [2.45, 2.75) is 112 Å². The number of halogens is 1. The molecule has 1 aliphatic heterocycles. The largest absolute Gasteiger partial charge is 1.00 e. The van der Waals surface area contributed by atoms with Crippen LogP contribution < -0.4 is 33.9 Å². The Bertz CT molecular complexity index is 1120.